The summed E-state index contributed by atoms with van der Waals surface area (Å²) in [5.74, 6) is -0.320. The first kappa shape index (κ1) is 15.6. The number of hydrogen-bond acceptors (Lipinski definition) is 6. The number of nitrogens with zero attached hydrogens (tertiary/aromatic N) is 6. The molecule has 0 aliphatic heterocycles. The van der Waals surface area contributed by atoms with Gasteiger partial charge in [-0.2, -0.15) is 0 Å². The van der Waals surface area contributed by atoms with E-state index in [1.54, 1.807) is 42.5 Å². The van der Waals surface area contributed by atoms with Gasteiger partial charge in [-0.3, -0.25) is 14.2 Å². The standard InChI is InChI=1S/C17H13N7O2/c25-16(9-23-10-18-15-4-2-1-3-14(15)17(23)26)20-12-5-7-13(8-6-12)24-11-19-21-22-24/h1-8,10-11H,9H2,(H,20,25). The van der Waals surface area contributed by atoms with Gasteiger partial charge in [0.05, 0.1) is 22.9 Å². The van der Waals surface area contributed by atoms with Crippen LogP contribution in [0.15, 0.2) is 66.0 Å². The van der Waals surface area contributed by atoms with Crippen molar-refractivity contribution in [1.82, 2.24) is 29.8 Å². The Kier molecular flexibility index (Phi) is 3.94. The molecule has 2 aromatic heterocycles. The van der Waals surface area contributed by atoms with Gasteiger partial charge in [0.15, 0.2) is 0 Å². The molecule has 128 valence electrons. The van der Waals surface area contributed by atoms with Crippen molar-refractivity contribution in [3.63, 3.8) is 0 Å². The molecule has 1 N–H and O–H groups in total. The van der Waals surface area contributed by atoms with Crippen LogP contribution in [0.25, 0.3) is 16.6 Å². The van der Waals surface area contributed by atoms with E-state index in [1.807, 2.05) is 6.07 Å². The molecule has 0 aliphatic carbocycles. The lowest BCUT2D eigenvalue weighted by Crippen LogP contribution is -2.27. The fourth-order valence-corrected chi connectivity index (χ4v) is 2.55. The van der Waals surface area contributed by atoms with Crippen molar-refractivity contribution in [2.24, 2.45) is 0 Å². The van der Waals surface area contributed by atoms with Crippen LogP contribution in [0.2, 0.25) is 0 Å². The van der Waals surface area contributed by atoms with Crippen LogP contribution in [-0.4, -0.2) is 35.7 Å². The van der Waals surface area contributed by atoms with E-state index in [0.29, 0.717) is 16.6 Å². The van der Waals surface area contributed by atoms with Gasteiger partial charge in [-0.05, 0) is 46.8 Å². The second-order valence-corrected chi connectivity index (χ2v) is 5.54. The number of carbonyl (C=O) groups excluding carboxylic acids is 1. The number of tetrazole rings is 1. The fraction of sp³-hybridized carbons (Fsp3) is 0.0588. The van der Waals surface area contributed by atoms with E-state index in [0.717, 1.165) is 5.69 Å². The summed E-state index contributed by atoms with van der Waals surface area (Å²) in [6.07, 6.45) is 2.86. The SMILES string of the molecule is O=C(Cn1cnc2ccccc2c1=O)Nc1ccc(-n2cnnn2)cc1. The Hall–Kier alpha value is -3.88. The highest BCUT2D eigenvalue weighted by Gasteiger charge is 2.08. The predicted octanol–water partition coefficient (Wildman–Crippen LogP) is 1.01. The summed E-state index contributed by atoms with van der Waals surface area (Å²) < 4.78 is 2.79. The number of aromatic nitrogens is 6. The third-order valence-corrected chi connectivity index (χ3v) is 3.81. The van der Waals surface area contributed by atoms with E-state index in [4.69, 9.17) is 0 Å². The van der Waals surface area contributed by atoms with Gasteiger partial charge >= 0.3 is 0 Å². The molecular weight excluding hydrogens is 334 g/mol. The van der Waals surface area contributed by atoms with Gasteiger partial charge < -0.3 is 5.32 Å². The summed E-state index contributed by atoms with van der Waals surface area (Å²) in [6, 6.07) is 14.0. The third kappa shape index (κ3) is 3.05. The number of nitrogens with one attached hydrogen (secondary N) is 1. The molecular formula is C17H13N7O2. The molecule has 26 heavy (non-hydrogen) atoms. The number of rotatable bonds is 4. The molecule has 0 saturated carbocycles. The van der Waals surface area contributed by atoms with E-state index in [9.17, 15) is 9.59 Å². The average Bonchev–Trinajstić information content (AvgIpc) is 3.20. The molecule has 1 amide bonds. The second kappa shape index (κ2) is 6.55. The lowest BCUT2D eigenvalue weighted by molar-refractivity contribution is -0.116. The van der Waals surface area contributed by atoms with Crippen LogP contribution in [0.3, 0.4) is 0 Å². The first-order chi connectivity index (χ1) is 12.7. The van der Waals surface area contributed by atoms with Crippen molar-refractivity contribution in [2.45, 2.75) is 6.54 Å². The number of amides is 1. The Morgan fingerprint density at radius 3 is 2.62 bits per heavy atom. The molecule has 0 spiro atoms. The van der Waals surface area contributed by atoms with Crippen LogP contribution in [0.4, 0.5) is 5.69 Å². The lowest BCUT2D eigenvalue weighted by Gasteiger charge is -2.08. The monoisotopic (exact) mass is 347 g/mol. The van der Waals surface area contributed by atoms with Crippen molar-refractivity contribution >= 4 is 22.5 Å². The fourth-order valence-electron chi connectivity index (χ4n) is 2.55. The number of benzene rings is 2. The quantitative estimate of drug-likeness (QED) is 0.590. The summed E-state index contributed by atoms with van der Waals surface area (Å²) in [5.41, 5.74) is 1.73. The molecule has 0 aliphatic rings. The molecule has 0 atom stereocenters. The highest BCUT2D eigenvalue weighted by atomic mass is 16.2. The Labute approximate surface area is 146 Å². The van der Waals surface area contributed by atoms with Crippen LogP contribution in [-0.2, 0) is 11.3 Å². The average molecular weight is 347 g/mol. The van der Waals surface area contributed by atoms with Crippen LogP contribution in [0, 0.1) is 0 Å². The van der Waals surface area contributed by atoms with Gasteiger partial charge in [-0.25, -0.2) is 9.67 Å². The largest absolute Gasteiger partial charge is 0.325 e. The second-order valence-electron chi connectivity index (χ2n) is 5.54. The molecule has 4 aromatic rings. The van der Waals surface area contributed by atoms with Gasteiger partial charge in [0, 0.05) is 5.69 Å². The number of anilines is 1. The van der Waals surface area contributed by atoms with Crippen molar-refractivity contribution in [3.8, 4) is 5.69 Å². The Morgan fingerprint density at radius 2 is 1.85 bits per heavy atom. The highest BCUT2D eigenvalue weighted by Crippen LogP contribution is 2.12. The minimum absolute atomic E-state index is 0.120. The van der Waals surface area contributed by atoms with Gasteiger partial charge in [-0.1, -0.05) is 12.1 Å². The predicted molar refractivity (Wildman–Crippen MR) is 93.8 cm³/mol. The van der Waals surface area contributed by atoms with Gasteiger partial charge in [0.25, 0.3) is 5.56 Å². The minimum Gasteiger partial charge on any atom is -0.325 e. The molecule has 0 bridgehead atoms. The van der Waals surface area contributed by atoms with Crippen LogP contribution < -0.4 is 10.9 Å². The van der Waals surface area contributed by atoms with Gasteiger partial charge in [-0.15, -0.1) is 5.10 Å². The molecule has 9 nitrogen and oxygen atoms in total. The molecule has 0 saturated heterocycles. The smallest absolute Gasteiger partial charge is 0.261 e. The molecule has 0 fully saturated rings. The molecule has 2 heterocycles. The van der Waals surface area contributed by atoms with E-state index < -0.39 is 0 Å². The van der Waals surface area contributed by atoms with E-state index >= 15 is 0 Å². The zero-order chi connectivity index (χ0) is 17.9. The number of carbonyl (C=O) groups is 1. The third-order valence-electron chi connectivity index (χ3n) is 3.81. The lowest BCUT2D eigenvalue weighted by atomic mass is 10.2. The van der Waals surface area contributed by atoms with Crippen molar-refractivity contribution in [2.75, 3.05) is 5.32 Å². The summed E-state index contributed by atoms with van der Waals surface area (Å²) in [5, 5.41) is 14.2. The van der Waals surface area contributed by atoms with Gasteiger partial charge in [0.2, 0.25) is 5.91 Å². The van der Waals surface area contributed by atoms with Crippen LogP contribution in [0.5, 0.6) is 0 Å². The highest BCUT2D eigenvalue weighted by molar-refractivity contribution is 5.90. The minimum atomic E-state index is -0.320. The number of hydrogen-bond donors (Lipinski definition) is 1. The van der Waals surface area contributed by atoms with Gasteiger partial charge in [0.1, 0.15) is 12.9 Å². The summed E-state index contributed by atoms with van der Waals surface area (Å²) >= 11 is 0. The molecule has 0 unspecified atom stereocenters. The molecule has 2 aromatic carbocycles. The Bertz CT molecular complexity index is 1120. The maximum atomic E-state index is 12.4. The van der Waals surface area contributed by atoms with Crippen molar-refractivity contribution in [3.05, 3.63) is 71.5 Å². The zero-order valence-electron chi connectivity index (χ0n) is 13.5. The van der Waals surface area contributed by atoms with Crippen LogP contribution >= 0.6 is 0 Å². The van der Waals surface area contributed by atoms with E-state index in [1.165, 1.54) is 21.9 Å². The van der Waals surface area contributed by atoms with E-state index in [-0.39, 0.29) is 18.0 Å². The number of fused-ring (bicyclic) bond motifs is 1. The normalized spacial score (nSPS) is 10.8. The Balaban J connectivity index is 1.49. The number of para-hydroxylation sites is 1. The first-order valence-electron chi connectivity index (χ1n) is 7.78. The molecule has 4 rings (SSSR count). The van der Waals surface area contributed by atoms with Crippen molar-refractivity contribution < 1.29 is 4.79 Å². The Morgan fingerprint density at radius 1 is 1.04 bits per heavy atom. The van der Waals surface area contributed by atoms with E-state index in [2.05, 4.69) is 25.8 Å². The summed E-state index contributed by atoms with van der Waals surface area (Å²) in [4.78, 5) is 28.9. The maximum absolute atomic E-state index is 12.4. The zero-order valence-corrected chi connectivity index (χ0v) is 13.5. The summed E-state index contributed by atoms with van der Waals surface area (Å²) in [7, 11) is 0. The van der Waals surface area contributed by atoms with Crippen LogP contribution in [0.1, 0.15) is 0 Å². The molecule has 0 radical (unpaired) electrons. The summed E-state index contributed by atoms with van der Waals surface area (Å²) in [6.45, 7) is -0.120. The topological polar surface area (TPSA) is 108 Å². The molecule has 9 heteroatoms. The first-order valence-corrected chi connectivity index (χ1v) is 7.78. The maximum Gasteiger partial charge on any atom is 0.261 e. The van der Waals surface area contributed by atoms with Crippen molar-refractivity contribution in [1.29, 1.82) is 0 Å².